The number of ether oxygens (including phenoxy) is 2. The summed E-state index contributed by atoms with van der Waals surface area (Å²) < 4.78 is 11.2. The molecule has 0 aliphatic carbocycles. The molecule has 86 valence electrons. The lowest BCUT2D eigenvalue weighted by Crippen LogP contribution is -2.26. The van der Waals surface area contributed by atoms with Crippen molar-refractivity contribution in [2.24, 2.45) is 0 Å². The highest BCUT2D eigenvalue weighted by Crippen LogP contribution is 2.18. The van der Waals surface area contributed by atoms with Gasteiger partial charge in [-0.1, -0.05) is 12.1 Å². The summed E-state index contributed by atoms with van der Waals surface area (Å²) in [5.41, 5.74) is 0.596. The topological polar surface area (TPSA) is 35.5 Å². The van der Waals surface area contributed by atoms with Crippen LogP contribution in [0.25, 0.3) is 0 Å². The van der Waals surface area contributed by atoms with Crippen LogP contribution in [0.2, 0.25) is 0 Å². The Morgan fingerprint density at radius 3 is 3.00 bits per heavy atom. The van der Waals surface area contributed by atoms with Crippen LogP contribution in [0.4, 0.5) is 0 Å². The van der Waals surface area contributed by atoms with Crippen LogP contribution >= 0.6 is 0 Å². The Morgan fingerprint density at radius 1 is 1.38 bits per heavy atom. The maximum absolute atomic E-state index is 10.8. The van der Waals surface area contributed by atoms with Crippen LogP contribution < -0.4 is 4.74 Å². The fraction of sp³-hybridized carbons (Fsp3) is 0.462. The highest BCUT2D eigenvalue weighted by molar-refractivity contribution is 5.79. The quantitative estimate of drug-likeness (QED) is 0.731. The van der Waals surface area contributed by atoms with E-state index in [9.17, 15) is 4.79 Å². The molecule has 0 bridgehead atoms. The summed E-state index contributed by atoms with van der Waals surface area (Å²) in [4.78, 5) is 10.8. The summed E-state index contributed by atoms with van der Waals surface area (Å²) in [7, 11) is 0. The van der Waals surface area contributed by atoms with Gasteiger partial charge in [0, 0.05) is 6.61 Å². The standard InChI is InChI=1S/C13H16O3/c14-9-11-5-1-2-7-13(11)16-10-12-6-3-4-8-15-12/h1-2,5,7,9,12H,3-4,6,8,10H2/t12-/m1/s1. The van der Waals surface area contributed by atoms with Gasteiger partial charge in [-0.05, 0) is 31.4 Å². The third-order valence-corrected chi connectivity index (χ3v) is 2.74. The van der Waals surface area contributed by atoms with Crippen LogP contribution in [0.15, 0.2) is 24.3 Å². The molecule has 0 spiro atoms. The minimum atomic E-state index is 0.174. The van der Waals surface area contributed by atoms with E-state index in [0.717, 1.165) is 25.7 Å². The average Bonchev–Trinajstić information content (AvgIpc) is 2.38. The molecule has 16 heavy (non-hydrogen) atoms. The Labute approximate surface area is 95.4 Å². The minimum absolute atomic E-state index is 0.174. The van der Waals surface area contributed by atoms with E-state index in [1.54, 1.807) is 6.07 Å². The lowest BCUT2D eigenvalue weighted by Gasteiger charge is -2.22. The lowest BCUT2D eigenvalue weighted by atomic mass is 10.1. The van der Waals surface area contributed by atoms with Gasteiger partial charge in [-0.25, -0.2) is 0 Å². The first-order valence-electron chi connectivity index (χ1n) is 5.69. The van der Waals surface area contributed by atoms with Crippen LogP contribution in [-0.4, -0.2) is 25.6 Å². The molecule has 2 rings (SSSR count). The zero-order valence-corrected chi connectivity index (χ0v) is 9.22. The molecule has 0 radical (unpaired) electrons. The predicted octanol–water partition coefficient (Wildman–Crippen LogP) is 2.45. The molecule has 0 saturated carbocycles. The van der Waals surface area contributed by atoms with Gasteiger partial charge in [-0.15, -0.1) is 0 Å². The molecule has 0 unspecified atom stereocenters. The molecule has 0 aromatic heterocycles. The Balaban J connectivity index is 1.90. The zero-order chi connectivity index (χ0) is 11.2. The van der Waals surface area contributed by atoms with E-state index in [1.807, 2.05) is 18.2 Å². The van der Waals surface area contributed by atoms with Crippen molar-refractivity contribution in [2.75, 3.05) is 13.2 Å². The van der Waals surface area contributed by atoms with E-state index in [1.165, 1.54) is 6.42 Å². The van der Waals surface area contributed by atoms with E-state index in [-0.39, 0.29) is 6.10 Å². The maximum atomic E-state index is 10.8. The van der Waals surface area contributed by atoms with Gasteiger partial charge in [0.25, 0.3) is 0 Å². The van der Waals surface area contributed by atoms with Gasteiger partial charge in [0.05, 0.1) is 11.7 Å². The number of hydrogen-bond donors (Lipinski definition) is 0. The highest BCUT2D eigenvalue weighted by Gasteiger charge is 2.14. The van der Waals surface area contributed by atoms with Crippen molar-refractivity contribution in [1.29, 1.82) is 0 Å². The van der Waals surface area contributed by atoms with Crippen LogP contribution in [0.5, 0.6) is 5.75 Å². The second-order valence-corrected chi connectivity index (χ2v) is 3.96. The third-order valence-electron chi connectivity index (χ3n) is 2.74. The lowest BCUT2D eigenvalue weighted by molar-refractivity contribution is -0.0111. The van der Waals surface area contributed by atoms with E-state index >= 15 is 0 Å². The Morgan fingerprint density at radius 2 is 2.25 bits per heavy atom. The van der Waals surface area contributed by atoms with Crippen molar-refractivity contribution in [3.8, 4) is 5.75 Å². The molecule has 1 atom stereocenters. The molecule has 1 aliphatic rings. The monoisotopic (exact) mass is 220 g/mol. The first-order valence-corrected chi connectivity index (χ1v) is 5.69. The first kappa shape index (κ1) is 11.1. The summed E-state index contributed by atoms with van der Waals surface area (Å²) in [6, 6.07) is 7.26. The van der Waals surface area contributed by atoms with Gasteiger partial charge in [-0.2, -0.15) is 0 Å². The number of carbonyl (C=O) groups is 1. The van der Waals surface area contributed by atoms with Crippen molar-refractivity contribution in [3.05, 3.63) is 29.8 Å². The van der Waals surface area contributed by atoms with E-state index in [0.29, 0.717) is 17.9 Å². The number of carbonyl (C=O) groups excluding carboxylic acids is 1. The number of aldehydes is 1. The SMILES string of the molecule is O=Cc1ccccc1OC[C@H]1CCCCO1. The summed E-state index contributed by atoms with van der Waals surface area (Å²) in [6.07, 6.45) is 4.37. The van der Waals surface area contributed by atoms with Crippen LogP contribution in [0.3, 0.4) is 0 Å². The van der Waals surface area contributed by atoms with Crippen molar-refractivity contribution >= 4 is 6.29 Å². The van der Waals surface area contributed by atoms with Crippen LogP contribution in [0, 0.1) is 0 Å². The Hall–Kier alpha value is -1.35. The molecule has 0 amide bonds. The summed E-state index contributed by atoms with van der Waals surface area (Å²) in [6.45, 7) is 1.36. The number of para-hydroxylation sites is 1. The molecule has 1 saturated heterocycles. The average molecular weight is 220 g/mol. The van der Waals surface area contributed by atoms with Gasteiger partial charge in [0.15, 0.2) is 6.29 Å². The predicted molar refractivity (Wildman–Crippen MR) is 60.9 cm³/mol. The summed E-state index contributed by atoms with van der Waals surface area (Å²) in [5.74, 6) is 0.645. The molecule has 1 aromatic rings. The van der Waals surface area contributed by atoms with Gasteiger partial charge in [0.2, 0.25) is 0 Å². The highest BCUT2D eigenvalue weighted by atomic mass is 16.5. The second kappa shape index (κ2) is 5.66. The fourth-order valence-electron chi connectivity index (χ4n) is 1.83. The summed E-state index contributed by atoms with van der Waals surface area (Å²) >= 11 is 0. The molecule has 1 aliphatic heterocycles. The van der Waals surface area contributed by atoms with Gasteiger partial charge in [-0.3, -0.25) is 4.79 Å². The molecule has 1 heterocycles. The van der Waals surface area contributed by atoms with Crippen molar-refractivity contribution < 1.29 is 14.3 Å². The zero-order valence-electron chi connectivity index (χ0n) is 9.22. The molecule has 1 fully saturated rings. The largest absolute Gasteiger partial charge is 0.490 e. The molecule has 0 N–H and O–H groups in total. The fourth-order valence-corrected chi connectivity index (χ4v) is 1.83. The Bertz CT molecular complexity index is 343. The maximum Gasteiger partial charge on any atom is 0.153 e. The van der Waals surface area contributed by atoms with Crippen molar-refractivity contribution in [1.82, 2.24) is 0 Å². The first-order chi connectivity index (χ1) is 7.90. The van der Waals surface area contributed by atoms with Crippen molar-refractivity contribution in [2.45, 2.75) is 25.4 Å². The van der Waals surface area contributed by atoms with Gasteiger partial charge < -0.3 is 9.47 Å². The molecule has 1 aromatic carbocycles. The molecular formula is C13H16O3. The smallest absolute Gasteiger partial charge is 0.153 e. The normalized spacial score (nSPS) is 20.4. The van der Waals surface area contributed by atoms with Crippen LogP contribution in [-0.2, 0) is 4.74 Å². The number of benzene rings is 1. The summed E-state index contributed by atoms with van der Waals surface area (Å²) in [5, 5.41) is 0. The minimum Gasteiger partial charge on any atom is -0.490 e. The van der Waals surface area contributed by atoms with Gasteiger partial charge >= 0.3 is 0 Å². The molecule has 3 heteroatoms. The Kier molecular flexibility index (Phi) is 3.94. The molecule has 3 nitrogen and oxygen atoms in total. The number of rotatable bonds is 4. The van der Waals surface area contributed by atoms with Gasteiger partial charge in [0.1, 0.15) is 12.4 Å². The van der Waals surface area contributed by atoms with E-state index in [4.69, 9.17) is 9.47 Å². The van der Waals surface area contributed by atoms with Crippen LogP contribution in [0.1, 0.15) is 29.6 Å². The van der Waals surface area contributed by atoms with E-state index in [2.05, 4.69) is 0 Å². The van der Waals surface area contributed by atoms with Crippen molar-refractivity contribution in [3.63, 3.8) is 0 Å². The third kappa shape index (κ3) is 2.83. The van der Waals surface area contributed by atoms with E-state index < -0.39 is 0 Å². The molecular weight excluding hydrogens is 204 g/mol. The number of hydrogen-bond acceptors (Lipinski definition) is 3. The second-order valence-electron chi connectivity index (χ2n) is 3.96.